The standard InChI is InChI=1S/C12H14N2O6/c1-3-20-10-5-4-8(6-9(10)14(18)19)11(15)13-7(2)12(16)17/h4-7H,3H2,1-2H3,(H,13,15)(H,16,17)/t7-/m1/s1. The number of carboxylic acids is 1. The summed E-state index contributed by atoms with van der Waals surface area (Å²) in [6.07, 6.45) is 0. The Kier molecular flexibility index (Phi) is 5.01. The van der Waals surface area contributed by atoms with Gasteiger partial charge in [0, 0.05) is 11.6 Å². The fourth-order valence-corrected chi connectivity index (χ4v) is 1.42. The molecule has 0 bridgehead atoms. The maximum absolute atomic E-state index is 11.8. The van der Waals surface area contributed by atoms with Crippen LogP contribution in [0.2, 0.25) is 0 Å². The fourth-order valence-electron chi connectivity index (χ4n) is 1.42. The number of aliphatic carboxylic acids is 1. The normalized spacial score (nSPS) is 11.5. The molecule has 8 nitrogen and oxygen atoms in total. The molecule has 1 amide bonds. The lowest BCUT2D eigenvalue weighted by molar-refractivity contribution is -0.385. The van der Waals surface area contributed by atoms with Crippen molar-refractivity contribution in [2.75, 3.05) is 6.61 Å². The molecule has 0 radical (unpaired) electrons. The van der Waals surface area contributed by atoms with Gasteiger partial charge in [-0.2, -0.15) is 0 Å². The Morgan fingerprint density at radius 2 is 2.15 bits per heavy atom. The summed E-state index contributed by atoms with van der Waals surface area (Å²) < 4.78 is 5.08. The number of ether oxygens (including phenoxy) is 1. The number of nitrogens with zero attached hydrogens (tertiary/aromatic N) is 1. The van der Waals surface area contributed by atoms with Crippen molar-refractivity contribution in [3.8, 4) is 5.75 Å². The van der Waals surface area contributed by atoms with E-state index in [1.807, 2.05) is 0 Å². The number of nitrogens with one attached hydrogen (secondary N) is 1. The molecule has 0 spiro atoms. The first-order chi connectivity index (χ1) is 9.36. The SMILES string of the molecule is CCOc1ccc(C(=O)N[C@H](C)C(=O)O)cc1[N+](=O)[O-]. The molecule has 0 saturated heterocycles. The van der Waals surface area contributed by atoms with Crippen molar-refractivity contribution in [2.24, 2.45) is 0 Å². The van der Waals surface area contributed by atoms with Gasteiger partial charge in [0.1, 0.15) is 6.04 Å². The van der Waals surface area contributed by atoms with Crippen LogP contribution in [0.15, 0.2) is 18.2 Å². The van der Waals surface area contributed by atoms with E-state index in [4.69, 9.17) is 9.84 Å². The molecule has 0 saturated carbocycles. The van der Waals surface area contributed by atoms with E-state index >= 15 is 0 Å². The third kappa shape index (κ3) is 3.67. The molecule has 20 heavy (non-hydrogen) atoms. The van der Waals surface area contributed by atoms with E-state index in [-0.39, 0.29) is 23.6 Å². The highest BCUT2D eigenvalue weighted by Crippen LogP contribution is 2.27. The molecule has 0 fully saturated rings. The number of nitro benzene ring substituents is 1. The van der Waals surface area contributed by atoms with Crippen LogP contribution in [-0.2, 0) is 4.79 Å². The van der Waals surface area contributed by atoms with E-state index in [2.05, 4.69) is 5.32 Å². The fraction of sp³-hybridized carbons (Fsp3) is 0.333. The molecular formula is C12H14N2O6. The topological polar surface area (TPSA) is 119 Å². The van der Waals surface area contributed by atoms with Crippen molar-refractivity contribution in [1.82, 2.24) is 5.32 Å². The molecule has 1 aromatic rings. The van der Waals surface area contributed by atoms with Gasteiger partial charge in [0.2, 0.25) is 0 Å². The molecule has 0 aliphatic heterocycles. The molecule has 1 rings (SSSR count). The Morgan fingerprint density at radius 3 is 2.65 bits per heavy atom. The smallest absolute Gasteiger partial charge is 0.325 e. The predicted molar refractivity (Wildman–Crippen MR) is 68.8 cm³/mol. The minimum absolute atomic E-state index is 0.00625. The lowest BCUT2D eigenvalue weighted by Crippen LogP contribution is -2.38. The van der Waals surface area contributed by atoms with Crippen molar-refractivity contribution in [3.63, 3.8) is 0 Å². The number of benzene rings is 1. The van der Waals surface area contributed by atoms with Crippen LogP contribution in [0.1, 0.15) is 24.2 Å². The van der Waals surface area contributed by atoms with Gasteiger partial charge in [-0.25, -0.2) is 0 Å². The van der Waals surface area contributed by atoms with Crippen molar-refractivity contribution in [2.45, 2.75) is 19.9 Å². The zero-order valence-electron chi connectivity index (χ0n) is 11.0. The van der Waals surface area contributed by atoms with Gasteiger partial charge in [-0.15, -0.1) is 0 Å². The highest BCUT2D eigenvalue weighted by Gasteiger charge is 2.20. The van der Waals surface area contributed by atoms with Gasteiger partial charge in [0.15, 0.2) is 5.75 Å². The van der Waals surface area contributed by atoms with Gasteiger partial charge < -0.3 is 15.2 Å². The Morgan fingerprint density at radius 1 is 1.50 bits per heavy atom. The van der Waals surface area contributed by atoms with E-state index in [0.717, 1.165) is 6.07 Å². The predicted octanol–water partition coefficient (Wildman–Crippen LogP) is 1.20. The lowest BCUT2D eigenvalue weighted by atomic mass is 10.1. The van der Waals surface area contributed by atoms with Crippen LogP contribution in [0.4, 0.5) is 5.69 Å². The van der Waals surface area contributed by atoms with Gasteiger partial charge in [-0.05, 0) is 26.0 Å². The van der Waals surface area contributed by atoms with Crippen molar-refractivity contribution >= 4 is 17.6 Å². The van der Waals surface area contributed by atoms with Crippen LogP contribution >= 0.6 is 0 Å². The summed E-state index contributed by atoms with van der Waals surface area (Å²) in [5.74, 6) is -1.84. The highest BCUT2D eigenvalue weighted by molar-refractivity contribution is 5.97. The Hall–Kier alpha value is -2.64. The molecule has 0 heterocycles. The third-order valence-electron chi connectivity index (χ3n) is 2.44. The molecule has 0 aliphatic rings. The van der Waals surface area contributed by atoms with Crippen molar-refractivity contribution in [3.05, 3.63) is 33.9 Å². The monoisotopic (exact) mass is 282 g/mol. The number of amides is 1. The van der Waals surface area contributed by atoms with Crippen LogP contribution < -0.4 is 10.1 Å². The minimum atomic E-state index is -1.20. The van der Waals surface area contributed by atoms with Crippen LogP contribution in [0.5, 0.6) is 5.75 Å². The van der Waals surface area contributed by atoms with E-state index in [0.29, 0.717) is 0 Å². The summed E-state index contributed by atoms with van der Waals surface area (Å²) in [4.78, 5) is 32.6. The van der Waals surface area contributed by atoms with Crippen LogP contribution in [0.25, 0.3) is 0 Å². The molecule has 0 aliphatic carbocycles. The van der Waals surface area contributed by atoms with E-state index < -0.39 is 22.8 Å². The molecule has 0 unspecified atom stereocenters. The van der Waals surface area contributed by atoms with Gasteiger partial charge in [-0.1, -0.05) is 0 Å². The lowest BCUT2D eigenvalue weighted by Gasteiger charge is -2.10. The van der Waals surface area contributed by atoms with Crippen LogP contribution in [0.3, 0.4) is 0 Å². The number of carbonyl (C=O) groups is 2. The largest absolute Gasteiger partial charge is 0.487 e. The zero-order chi connectivity index (χ0) is 15.3. The number of nitro groups is 1. The minimum Gasteiger partial charge on any atom is -0.487 e. The average Bonchev–Trinajstić information content (AvgIpc) is 2.38. The number of carboxylic acid groups (broad SMARTS) is 1. The number of carbonyl (C=O) groups excluding carboxylic acids is 1. The second-order valence-electron chi connectivity index (χ2n) is 3.91. The van der Waals surface area contributed by atoms with Gasteiger partial charge in [0.25, 0.3) is 5.91 Å². The summed E-state index contributed by atoms with van der Waals surface area (Å²) in [5.41, 5.74) is -0.351. The number of rotatable bonds is 6. The molecular weight excluding hydrogens is 268 g/mol. The first-order valence-corrected chi connectivity index (χ1v) is 5.81. The summed E-state index contributed by atoms with van der Waals surface area (Å²) in [7, 11) is 0. The Bertz CT molecular complexity index is 543. The first kappa shape index (κ1) is 15.4. The number of hydrogen-bond donors (Lipinski definition) is 2. The molecule has 1 atom stereocenters. The Labute approximate surface area is 114 Å². The zero-order valence-corrected chi connectivity index (χ0v) is 11.0. The van der Waals surface area contributed by atoms with E-state index in [9.17, 15) is 19.7 Å². The first-order valence-electron chi connectivity index (χ1n) is 5.81. The van der Waals surface area contributed by atoms with Crippen LogP contribution in [0, 0.1) is 10.1 Å². The second kappa shape index (κ2) is 6.50. The molecule has 108 valence electrons. The maximum Gasteiger partial charge on any atom is 0.325 e. The molecule has 8 heteroatoms. The third-order valence-corrected chi connectivity index (χ3v) is 2.44. The van der Waals surface area contributed by atoms with E-state index in [1.165, 1.54) is 19.1 Å². The van der Waals surface area contributed by atoms with Crippen molar-refractivity contribution < 1.29 is 24.4 Å². The number of hydrogen-bond acceptors (Lipinski definition) is 5. The quantitative estimate of drug-likeness (QED) is 0.597. The maximum atomic E-state index is 11.8. The van der Waals surface area contributed by atoms with Gasteiger partial charge >= 0.3 is 11.7 Å². The average molecular weight is 282 g/mol. The molecule has 1 aromatic carbocycles. The van der Waals surface area contributed by atoms with Crippen molar-refractivity contribution in [1.29, 1.82) is 0 Å². The van der Waals surface area contributed by atoms with Gasteiger partial charge in [-0.3, -0.25) is 19.7 Å². The molecule has 2 N–H and O–H groups in total. The van der Waals surface area contributed by atoms with Crippen LogP contribution in [-0.4, -0.2) is 34.6 Å². The summed E-state index contributed by atoms with van der Waals surface area (Å²) in [6.45, 7) is 3.23. The molecule has 0 aromatic heterocycles. The Balaban J connectivity index is 3.02. The summed E-state index contributed by atoms with van der Waals surface area (Å²) >= 11 is 0. The highest BCUT2D eigenvalue weighted by atomic mass is 16.6. The summed E-state index contributed by atoms with van der Waals surface area (Å²) in [5, 5.41) is 21.8. The second-order valence-corrected chi connectivity index (χ2v) is 3.91. The summed E-state index contributed by atoms with van der Waals surface area (Å²) in [6, 6.07) is 2.60. The van der Waals surface area contributed by atoms with Gasteiger partial charge in [0.05, 0.1) is 11.5 Å². The van der Waals surface area contributed by atoms with E-state index in [1.54, 1.807) is 6.92 Å².